The highest BCUT2D eigenvalue weighted by Crippen LogP contribution is 2.30. The molecule has 0 aliphatic carbocycles. The molecular formula is C25H32N4O4S. The number of rotatable bonds is 6. The molecular weight excluding hydrogens is 452 g/mol. The molecule has 182 valence electrons. The van der Waals surface area contributed by atoms with Crippen LogP contribution in [0.1, 0.15) is 31.4 Å². The number of carbonyl (C=O) groups excluding carboxylic acids is 2. The summed E-state index contributed by atoms with van der Waals surface area (Å²) in [6.45, 7) is 8.24. The van der Waals surface area contributed by atoms with Gasteiger partial charge in [0.05, 0.1) is 4.90 Å². The number of anilines is 2. The Bertz CT molecular complexity index is 1200. The highest BCUT2D eigenvalue weighted by Gasteiger charge is 2.28. The first kappa shape index (κ1) is 24.2. The summed E-state index contributed by atoms with van der Waals surface area (Å²) >= 11 is 0. The maximum atomic E-state index is 12.8. The van der Waals surface area contributed by atoms with Crippen molar-refractivity contribution >= 4 is 33.2 Å². The van der Waals surface area contributed by atoms with Crippen LogP contribution in [-0.2, 0) is 26.0 Å². The molecule has 2 amide bonds. The Morgan fingerprint density at radius 1 is 1.09 bits per heavy atom. The molecule has 0 spiro atoms. The van der Waals surface area contributed by atoms with Gasteiger partial charge in [-0.15, -0.1) is 0 Å². The molecule has 2 aromatic rings. The van der Waals surface area contributed by atoms with Crippen molar-refractivity contribution in [2.24, 2.45) is 0 Å². The number of nitrogens with zero attached hydrogens (tertiary/aromatic N) is 3. The molecule has 8 nitrogen and oxygen atoms in total. The smallest absolute Gasteiger partial charge is 0.240 e. The van der Waals surface area contributed by atoms with Gasteiger partial charge < -0.3 is 14.7 Å². The van der Waals surface area contributed by atoms with Gasteiger partial charge in [0, 0.05) is 63.5 Å². The number of benzene rings is 2. The summed E-state index contributed by atoms with van der Waals surface area (Å²) in [4.78, 5) is 30.4. The minimum absolute atomic E-state index is 0.0459. The van der Waals surface area contributed by atoms with Crippen molar-refractivity contribution in [2.75, 3.05) is 42.5 Å². The van der Waals surface area contributed by atoms with Crippen LogP contribution in [0.2, 0.25) is 0 Å². The lowest BCUT2D eigenvalue weighted by Gasteiger charge is -2.41. The molecule has 34 heavy (non-hydrogen) atoms. The Kier molecular flexibility index (Phi) is 6.95. The molecule has 2 aromatic carbocycles. The summed E-state index contributed by atoms with van der Waals surface area (Å²) in [5.74, 6) is -0.107. The largest absolute Gasteiger partial charge is 0.365 e. The summed E-state index contributed by atoms with van der Waals surface area (Å²) in [7, 11) is -3.74. The molecule has 0 bridgehead atoms. The van der Waals surface area contributed by atoms with Crippen LogP contribution in [0.5, 0.6) is 0 Å². The Hall–Kier alpha value is -2.91. The summed E-state index contributed by atoms with van der Waals surface area (Å²) in [5, 5.41) is 0. The first-order valence-corrected chi connectivity index (χ1v) is 13.2. The monoisotopic (exact) mass is 484 g/mol. The van der Waals surface area contributed by atoms with Gasteiger partial charge in [-0.05, 0) is 61.7 Å². The quantitative estimate of drug-likeness (QED) is 0.680. The SMILES string of the molecule is CC(=O)N1CCc2cc(S(=O)(=O)NCCC(=O)N3CCN(c4cccc(C)c4)[C@H](C)C3)ccc21. The molecule has 1 fully saturated rings. The van der Waals surface area contributed by atoms with E-state index in [1.165, 1.54) is 18.6 Å². The maximum absolute atomic E-state index is 12.8. The number of nitrogens with one attached hydrogen (secondary N) is 1. The van der Waals surface area contributed by atoms with Crippen molar-refractivity contribution in [1.82, 2.24) is 9.62 Å². The van der Waals surface area contributed by atoms with E-state index in [-0.39, 0.29) is 35.7 Å². The topological polar surface area (TPSA) is 90.0 Å². The number of hydrogen-bond acceptors (Lipinski definition) is 5. The maximum Gasteiger partial charge on any atom is 0.240 e. The molecule has 0 radical (unpaired) electrons. The Labute approximate surface area is 201 Å². The van der Waals surface area contributed by atoms with Gasteiger partial charge in [-0.25, -0.2) is 13.1 Å². The minimum atomic E-state index is -3.74. The van der Waals surface area contributed by atoms with Gasteiger partial charge in [-0.3, -0.25) is 9.59 Å². The van der Waals surface area contributed by atoms with Gasteiger partial charge in [0.2, 0.25) is 21.8 Å². The molecule has 4 rings (SSSR count). The predicted molar refractivity (Wildman–Crippen MR) is 133 cm³/mol. The summed E-state index contributed by atoms with van der Waals surface area (Å²) in [6.07, 6.45) is 0.739. The highest BCUT2D eigenvalue weighted by atomic mass is 32.2. The van der Waals surface area contributed by atoms with Crippen molar-refractivity contribution in [3.63, 3.8) is 0 Å². The number of hydrogen-bond donors (Lipinski definition) is 1. The van der Waals surface area contributed by atoms with Crippen molar-refractivity contribution in [1.29, 1.82) is 0 Å². The molecule has 2 heterocycles. The van der Waals surface area contributed by atoms with E-state index in [1.54, 1.807) is 17.0 Å². The predicted octanol–water partition coefficient (Wildman–Crippen LogP) is 2.31. The van der Waals surface area contributed by atoms with Gasteiger partial charge in [-0.2, -0.15) is 0 Å². The summed E-state index contributed by atoms with van der Waals surface area (Å²) < 4.78 is 28.1. The van der Waals surface area contributed by atoms with Crippen LogP contribution in [0.25, 0.3) is 0 Å². The number of carbonyl (C=O) groups is 2. The zero-order valence-corrected chi connectivity index (χ0v) is 20.8. The standard InChI is InChI=1S/C25H32N4O4S/c1-18-5-4-6-22(15-18)28-14-13-27(17-19(28)2)25(31)9-11-26-34(32,33)23-7-8-24-21(16-23)10-12-29(24)20(3)30/h4-8,15-16,19,26H,9-14,17H2,1-3H3/t19-/m1/s1. The van der Waals surface area contributed by atoms with Crippen LogP contribution in [0.3, 0.4) is 0 Å². The zero-order valence-electron chi connectivity index (χ0n) is 20.0. The second-order valence-corrected chi connectivity index (χ2v) is 10.8. The molecule has 1 N–H and O–H groups in total. The van der Waals surface area contributed by atoms with Crippen LogP contribution in [0.15, 0.2) is 47.4 Å². The fourth-order valence-electron chi connectivity index (χ4n) is 4.78. The fraction of sp³-hybridized carbons (Fsp3) is 0.440. The number of piperazine rings is 1. The third-order valence-electron chi connectivity index (χ3n) is 6.58. The lowest BCUT2D eigenvalue weighted by atomic mass is 10.1. The normalized spacial score (nSPS) is 18.2. The van der Waals surface area contributed by atoms with Crippen LogP contribution in [0, 0.1) is 6.92 Å². The second kappa shape index (κ2) is 9.76. The highest BCUT2D eigenvalue weighted by molar-refractivity contribution is 7.89. The third-order valence-corrected chi connectivity index (χ3v) is 8.04. The van der Waals surface area contributed by atoms with E-state index in [2.05, 4.69) is 41.7 Å². The molecule has 0 aromatic heterocycles. The second-order valence-electron chi connectivity index (χ2n) is 9.08. The Morgan fingerprint density at radius 3 is 2.59 bits per heavy atom. The van der Waals surface area contributed by atoms with Crippen molar-refractivity contribution < 1.29 is 18.0 Å². The van der Waals surface area contributed by atoms with E-state index >= 15 is 0 Å². The van der Waals surface area contributed by atoms with E-state index in [9.17, 15) is 18.0 Å². The van der Waals surface area contributed by atoms with Crippen LogP contribution < -0.4 is 14.5 Å². The van der Waals surface area contributed by atoms with E-state index in [0.29, 0.717) is 26.1 Å². The van der Waals surface area contributed by atoms with Crippen LogP contribution in [-0.4, -0.2) is 63.9 Å². The van der Waals surface area contributed by atoms with E-state index in [0.717, 1.165) is 23.5 Å². The Morgan fingerprint density at radius 2 is 1.88 bits per heavy atom. The molecule has 0 unspecified atom stereocenters. The number of amides is 2. The molecule has 1 atom stereocenters. The molecule has 0 saturated carbocycles. The average molecular weight is 485 g/mol. The number of aryl methyl sites for hydroxylation is 1. The molecule has 2 aliphatic rings. The van der Waals surface area contributed by atoms with Crippen LogP contribution in [0.4, 0.5) is 11.4 Å². The van der Waals surface area contributed by atoms with Gasteiger partial charge in [0.15, 0.2) is 0 Å². The lowest BCUT2D eigenvalue weighted by molar-refractivity contribution is -0.131. The average Bonchev–Trinajstić information content (AvgIpc) is 3.22. The lowest BCUT2D eigenvalue weighted by Crippen LogP contribution is -2.54. The fourth-order valence-corrected chi connectivity index (χ4v) is 5.86. The Balaban J connectivity index is 1.30. The van der Waals surface area contributed by atoms with Crippen LogP contribution >= 0.6 is 0 Å². The minimum Gasteiger partial charge on any atom is -0.365 e. The first-order valence-electron chi connectivity index (χ1n) is 11.7. The van der Waals surface area contributed by atoms with E-state index in [4.69, 9.17) is 0 Å². The van der Waals surface area contributed by atoms with Gasteiger partial charge in [0.25, 0.3) is 0 Å². The third kappa shape index (κ3) is 5.10. The van der Waals surface area contributed by atoms with Crippen molar-refractivity contribution in [3.8, 4) is 0 Å². The summed E-state index contributed by atoms with van der Waals surface area (Å²) in [5.41, 5.74) is 3.97. The van der Waals surface area contributed by atoms with Gasteiger partial charge >= 0.3 is 0 Å². The first-order chi connectivity index (χ1) is 16.2. The molecule has 1 saturated heterocycles. The number of sulfonamides is 1. The van der Waals surface area contributed by atoms with E-state index in [1.807, 2.05) is 11.0 Å². The zero-order chi connectivity index (χ0) is 24.5. The summed E-state index contributed by atoms with van der Waals surface area (Å²) in [6, 6.07) is 13.3. The molecule has 9 heteroatoms. The van der Waals surface area contributed by atoms with Gasteiger partial charge in [-0.1, -0.05) is 12.1 Å². The number of fused-ring (bicyclic) bond motifs is 1. The molecule has 2 aliphatic heterocycles. The van der Waals surface area contributed by atoms with Crippen molar-refractivity contribution in [3.05, 3.63) is 53.6 Å². The van der Waals surface area contributed by atoms with Gasteiger partial charge in [0.1, 0.15) is 0 Å². The van der Waals surface area contributed by atoms with Crippen molar-refractivity contribution in [2.45, 2.75) is 44.6 Å². The van der Waals surface area contributed by atoms with E-state index < -0.39 is 10.0 Å².